The van der Waals surface area contributed by atoms with Gasteiger partial charge in [-0.1, -0.05) is 19.1 Å². The number of benzene rings is 1. The minimum Gasteiger partial charge on any atom is -0.377 e. The van der Waals surface area contributed by atoms with Crippen LogP contribution in [-0.2, 0) is 11.2 Å². The molecular weight excluding hydrogens is 242 g/mol. The molecule has 0 amide bonds. The van der Waals surface area contributed by atoms with Gasteiger partial charge in [0.15, 0.2) is 0 Å². The summed E-state index contributed by atoms with van der Waals surface area (Å²) in [6, 6.07) is 9.13. The zero-order valence-corrected chi connectivity index (χ0v) is 12.1. The van der Waals surface area contributed by atoms with E-state index in [0.29, 0.717) is 11.4 Å². The van der Waals surface area contributed by atoms with Gasteiger partial charge < -0.3 is 10.5 Å². The molecule has 0 bridgehead atoms. The van der Waals surface area contributed by atoms with Crippen molar-refractivity contribution in [1.29, 1.82) is 0 Å². The van der Waals surface area contributed by atoms with Crippen LogP contribution in [0, 0.1) is 0 Å². The lowest BCUT2D eigenvalue weighted by atomic mass is 10.1. The average molecular weight is 265 g/mol. The Morgan fingerprint density at radius 2 is 2.11 bits per heavy atom. The van der Waals surface area contributed by atoms with Gasteiger partial charge in [-0.15, -0.1) is 11.8 Å². The SMILES string of the molecule is CCC(N)Cc1ccc(SC2CCOC2C)cc1. The molecule has 2 nitrogen and oxygen atoms in total. The van der Waals surface area contributed by atoms with Gasteiger partial charge in [-0.3, -0.25) is 0 Å². The molecule has 1 aliphatic heterocycles. The second-order valence-electron chi connectivity index (χ2n) is 5.04. The third-order valence-electron chi connectivity index (χ3n) is 3.54. The highest BCUT2D eigenvalue weighted by Crippen LogP contribution is 2.32. The van der Waals surface area contributed by atoms with Gasteiger partial charge in [0, 0.05) is 22.8 Å². The van der Waals surface area contributed by atoms with E-state index in [1.165, 1.54) is 10.5 Å². The Balaban J connectivity index is 1.91. The van der Waals surface area contributed by atoms with Crippen LogP contribution >= 0.6 is 11.8 Å². The van der Waals surface area contributed by atoms with Gasteiger partial charge in [0.25, 0.3) is 0 Å². The Labute approximate surface area is 114 Å². The zero-order valence-electron chi connectivity index (χ0n) is 11.3. The minimum atomic E-state index is 0.284. The monoisotopic (exact) mass is 265 g/mol. The molecule has 1 aromatic rings. The van der Waals surface area contributed by atoms with Crippen molar-refractivity contribution in [3.63, 3.8) is 0 Å². The minimum absolute atomic E-state index is 0.284. The molecule has 3 atom stereocenters. The second kappa shape index (κ2) is 6.60. The normalized spacial score (nSPS) is 25.3. The molecule has 1 saturated heterocycles. The summed E-state index contributed by atoms with van der Waals surface area (Å²) < 4.78 is 5.59. The third kappa shape index (κ3) is 3.74. The topological polar surface area (TPSA) is 35.2 Å². The maximum atomic E-state index is 5.97. The third-order valence-corrected chi connectivity index (χ3v) is 5.01. The molecule has 100 valence electrons. The van der Waals surface area contributed by atoms with Gasteiger partial charge in [0.2, 0.25) is 0 Å². The molecule has 3 heteroatoms. The standard InChI is InChI=1S/C15H23NOS/c1-3-13(16)10-12-4-6-14(7-5-12)18-15-8-9-17-11(15)2/h4-7,11,13,15H,3,8-10,16H2,1-2H3. The van der Waals surface area contributed by atoms with E-state index < -0.39 is 0 Å². The molecule has 1 aromatic carbocycles. The lowest BCUT2D eigenvalue weighted by Crippen LogP contribution is -2.21. The first kappa shape index (κ1) is 13.9. The predicted octanol–water partition coefficient (Wildman–Crippen LogP) is 3.24. The Hall–Kier alpha value is -0.510. The highest BCUT2D eigenvalue weighted by molar-refractivity contribution is 8.00. The van der Waals surface area contributed by atoms with E-state index in [2.05, 4.69) is 38.1 Å². The van der Waals surface area contributed by atoms with E-state index >= 15 is 0 Å². The second-order valence-corrected chi connectivity index (χ2v) is 6.35. The fraction of sp³-hybridized carbons (Fsp3) is 0.600. The number of rotatable bonds is 5. The summed E-state index contributed by atoms with van der Waals surface area (Å²) in [7, 11) is 0. The Kier molecular flexibility index (Phi) is 5.10. The van der Waals surface area contributed by atoms with Crippen molar-refractivity contribution in [1.82, 2.24) is 0 Å². The summed E-state index contributed by atoms with van der Waals surface area (Å²) in [4.78, 5) is 1.34. The van der Waals surface area contributed by atoms with Crippen molar-refractivity contribution in [2.75, 3.05) is 6.61 Å². The van der Waals surface area contributed by atoms with E-state index in [4.69, 9.17) is 10.5 Å². The number of hydrogen-bond acceptors (Lipinski definition) is 3. The molecule has 0 spiro atoms. The quantitative estimate of drug-likeness (QED) is 0.887. The Morgan fingerprint density at radius 3 is 2.67 bits per heavy atom. The van der Waals surface area contributed by atoms with Crippen LogP contribution in [-0.4, -0.2) is 24.0 Å². The van der Waals surface area contributed by atoms with Gasteiger partial charge in [0.1, 0.15) is 0 Å². The van der Waals surface area contributed by atoms with E-state index in [1.54, 1.807) is 0 Å². The molecule has 2 rings (SSSR count). The molecule has 1 aliphatic rings. The first-order chi connectivity index (χ1) is 8.69. The molecule has 0 aliphatic carbocycles. The van der Waals surface area contributed by atoms with Crippen molar-refractivity contribution in [2.24, 2.45) is 5.73 Å². The average Bonchev–Trinajstić information content (AvgIpc) is 2.77. The fourth-order valence-corrected chi connectivity index (χ4v) is 3.32. The molecule has 0 aromatic heterocycles. The lowest BCUT2D eigenvalue weighted by molar-refractivity contribution is 0.127. The number of ether oxygens (including phenoxy) is 1. The van der Waals surface area contributed by atoms with Crippen LogP contribution in [0.2, 0.25) is 0 Å². The summed E-state index contributed by atoms with van der Waals surface area (Å²) >= 11 is 1.94. The highest BCUT2D eigenvalue weighted by Gasteiger charge is 2.24. The molecule has 1 heterocycles. The van der Waals surface area contributed by atoms with Crippen LogP contribution in [0.15, 0.2) is 29.2 Å². The van der Waals surface area contributed by atoms with E-state index in [0.717, 1.165) is 25.9 Å². The molecule has 18 heavy (non-hydrogen) atoms. The first-order valence-corrected chi connectivity index (χ1v) is 7.69. The van der Waals surface area contributed by atoms with Gasteiger partial charge in [0.05, 0.1) is 6.10 Å². The van der Waals surface area contributed by atoms with Crippen molar-refractivity contribution in [3.05, 3.63) is 29.8 Å². The molecule has 0 saturated carbocycles. The molecule has 1 fully saturated rings. The summed E-state index contributed by atoms with van der Waals surface area (Å²) in [5.41, 5.74) is 7.31. The predicted molar refractivity (Wildman–Crippen MR) is 78.1 cm³/mol. The molecular formula is C15H23NOS. The molecule has 0 radical (unpaired) electrons. The van der Waals surface area contributed by atoms with Gasteiger partial charge in [-0.25, -0.2) is 0 Å². The van der Waals surface area contributed by atoms with Crippen LogP contribution < -0.4 is 5.73 Å². The van der Waals surface area contributed by atoms with Crippen LogP contribution in [0.3, 0.4) is 0 Å². The van der Waals surface area contributed by atoms with Crippen LogP contribution in [0.25, 0.3) is 0 Å². The largest absolute Gasteiger partial charge is 0.377 e. The maximum absolute atomic E-state index is 5.97. The van der Waals surface area contributed by atoms with E-state index in [-0.39, 0.29) is 6.04 Å². The van der Waals surface area contributed by atoms with Crippen molar-refractivity contribution >= 4 is 11.8 Å². The number of hydrogen-bond donors (Lipinski definition) is 1. The Morgan fingerprint density at radius 1 is 1.39 bits per heavy atom. The fourth-order valence-electron chi connectivity index (χ4n) is 2.19. The van der Waals surface area contributed by atoms with Gasteiger partial charge in [-0.2, -0.15) is 0 Å². The van der Waals surface area contributed by atoms with Crippen molar-refractivity contribution < 1.29 is 4.74 Å². The molecule has 2 N–H and O–H groups in total. The smallest absolute Gasteiger partial charge is 0.0669 e. The summed E-state index contributed by atoms with van der Waals surface area (Å²) in [6.45, 7) is 5.21. The summed E-state index contributed by atoms with van der Waals surface area (Å²) in [5.74, 6) is 0. The number of nitrogens with two attached hydrogens (primary N) is 1. The first-order valence-electron chi connectivity index (χ1n) is 6.81. The van der Waals surface area contributed by atoms with Crippen LogP contribution in [0.5, 0.6) is 0 Å². The van der Waals surface area contributed by atoms with E-state index in [9.17, 15) is 0 Å². The summed E-state index contributed by atoms with van der Waals surface area (Å²) in [6.07, 6.45) is 3.55. The van der Waals surface area contributed by atoms with E-state index in [1.807, 2.05) is 11.8 Å². The summed E-state index contributed by atoms with van der Waals surface area (Å²) in [5, 5.41) is 0.605. The van der Waals surface area contributed by atoms with Crippen molar-refractivity contribution in [2.45, 2.75) is 55.4 Å². The lowest BCUT2D eigenvalue weighted by Gasteiger charge is -2.14. The number of thioether (sulfide) groups is 1. The van der Waals surface area contributed by atoms with Crippen LogP contribution in [0.4, 0.5) is 0 Å². The Bertz CT molecular complexity index is 365. The molecule has 3 unspecified atom stereocenters. The van der Waals surface area contributed by atoms with Crippen LogP contribution in [0.1, 0.15) is 32.3 Å². The van der Waals surface area contributed by atoms with Crippen molar-refractivity contribution in [3.8, 4) is 0 Å². The maximum Gasteiger partial charge on any atom is 0.0669 e. The zero-order chi connectivity index (χ0) is 13.0. The van der Waals surface area contributed by atoms with Gasteiger partial charge in [-0.05, 0) is 43.9 Å². The van der Waals surface area contributed by atoms with Gasteiger partial charge >= 0.3 is 0 Å². The highest BCUT2D eigenvalue weighted by atomic mass is 32.2.